The second kappa shape index (κ2) is 8.34. The van der Waals surface area contributed by atoms with Gasteiger partial charge in [-0.3, -0.25) is 10.1 Å². The highest BCUT2D eigenvalue weighted by Crippen LogP contribution is 2.31. The first-order valence-electron chi connectivity index (χ1n) is 8.11. The Kier molecular flexibility index (Phi) is 6.10. The second-order valence-electron chi connectivity index (χ2n) is 5.82. The molecule has 0 aromatic heterocycles. The van der Waals surface area contributed by atoms with Crippen molar-refractivity contribution in [1.29, 1.82) is 0 Å². The van der Waals surface area contributed by atoms with Crippen LogP contribution < -0.4 is 4.74 Å². The summed E-state index contributed by atoms with van der Waals surface area (Å²) < 4.78 is 38.2. The van der Waals surface area contributed by atoms with E-state index in [0.29, 0.717) is 13.2 Å². The zero-order valence-electron chi connectivity index (χ0n) is 14.2. The molecule has 144 valence electrons. The highest BCUT2D eigenvalue weighted by Gasteiger charge is 2.29. The van der Waals surface area contributed by atoms with Crippen LogP contribution in [0.15, 0.2) is 51.8 Å². The van der Waals surface area contributed by atoms with Crippen LogP contribution in [0.2, 0.25) is 0 Å². The van der Waals surface area contributed by atoms with E-state index in [2.05, 4.69) is 15.9 Å². The molecule has 10 heteroatoms. The van der Waals surface area contributed by atoms with Gasteiger partial charge in [-0.2, -0.15) is 4.31 Å². The van der Waals surface area contributed by atoms with Gasteiger partial charge in [0.05, 0.1) is 23.0 Å². The zero-order valence-corrected chi connectivity index (χ0v) is 16.6. The number of halogens is 1. The van der Waals surface area contributed by atoms with E-state index >= 15 is 0 Å². The molecule has 0 saturated carbocycles. The molecule has 8 nitrogen and oxygen atoms in total. The first-order valence-corrected chi connectivity index (χ1v) is 10.3. The van der Waals surface area contributed by atoms with Gasteiger partial charge in [0.2, 0.25) is 10.0 Å². The summed E-state index contributed by atoms with van der Waals surface area (Å²) in [6.07, 6.45) is 0. The number of sulfonamides is 1. The number of ether oxygens (including phenoxy) is 2. The van der Waals surface area contributed by atoms with Crippen molar-refractivity contribution in [3.8, 4) is 5.75 Å². The van der Waals surface area contributed by atoms with Crippen LogP contribution in [0.4, 0.5) is 5.69 Å². The normalized spacial score (nSPS) is 15.4. The predicted octanol–water partition coefficient (Wildman–Crippen LogP) is 2.96. The standard InChI is InChI=1S/C17H17BrN2O6S/c18-14-3-1-2-13(10-14)12-26-17-5-4-15(11-16(17)20(21)22)27(23,24)19-6-8-25-9-7-19/h1-5,10-11H,6-9,12H2. The van der Waals surface area contributed by atoms with Crippen LogP contribution in [-0.2, 0) is 21.4 Å². The van der Waals surface area contributed by atoms with Crippen LogP contribution in [0, 0.1) is 10.1 Å². The lowest BCUT2D eigenvalue weighted by atomic mass is 10.2. The molecule has 1 fully saturated rings. The molecule has 1 saturated heterocycles. The maximum atomic E-state index is 12.7. The molecule has 1 aliphatic rings. The van der Waals surface area contributed by atoms with Crippen molar-refractivity contribution < 1.29 is 22.8 Å². The minimum atomic E-state index is -3.82. The van der Waals surface area contributed by atoms with E-state index in [9.17, 15) is 18.5 Å². The molecule has 3 rings (SSSR count). The van der Waals surface area contributed by atoms with Crippen LogP contribution in [0.25, 0.3) is 0 Å². The number of nitro groups is 1. The molecule has 0 unspecified atom stereocenters. The molecule has 0 N–H and O–H groups in total. The van der Waals surface area contributed by atoms with E-state index in [0.717, 1.165) is 16.1 Å². The predicted molar refractivity (Wildman–Crippen MR) is 101 cm³/mol. The molecular weight excluding hydrogens is 440 g/mol. The Morgan fingerprint density at radius 1 is 1.19 bits per heavy atom. The number of nitrogens with zero attached hydrogens (tertiary/aromatic N) is 2. The van der Waals surface area contributed by atoms with Gasteiger partial charge in [-0.05, 0) is 29.8 Å². The molecule has 2 aromatic rings. The SMILES string of the molecule is O=[N+]([O-])c1cc(S(=O)(=O)N2CCOCC2)ccc1OCc1cccc(Br)c1. The Morgan fingerprint density at radius 3 is 2.59 bits per heavy atom. The van der Waals surface area contributed by atoms with E-state index in [1.54, 1.807) is 0 Å². The van der Waals surface area contributed by atoms with Crippen molar-refractivity contribution in [3.63, 3.8) is 0 Å². The Labute approximate surface area is 165 Å². The van der Waals surface area contributed by atoms with Crippen LogP contribution in [0.1, 0.15) is 5.56 Å². The molecule has 0 aliphatic carbocycles. The average Bonchev–Trinajstić information content (AvgIpc) is 2.67. The highest BCUT2D eigenvalue weighted by atomic mass is 79.9. The number of hydrogen-bond acceptors (Lipinski definition) is 6. The number of benzene rings is 2. The first-order chi connectivity index (χ1) is 12.9. The van der Waals surface area contributed by atoms with E-state index in [1.165, 1.54) is 16.4 Å². The maximum Gasteiger partial charge on any atom is 0.312 e. The highest BCUT2D eigenvalue weighted by molar-refractivity contribution is 9.10. The summed E-state index contributed by atoms with van der Waals surface area (Å²) in [5.41, 5.74) is 0.433. The van der Waals surface area contributed by atoms with Gasteiger partial charge >= 0.3 is 5.69 Å². The van der Waals surface area contributed by atoms with Crippen molar-refractivity contribution >= 4 is 31.6 Å². The van der Waals surface area contributed by atoms with Gasteiger partial charge in [0.25, 0.3) is 0 Å². The number of rotatable bonds is 6. The van der Waals surface area contributed by atoms with Crippen molar-refractivity contribution in [1.82, 2.24) is 4.31 Å². The van der Waals surface area contributed by atoms with Gasteiger partial charge in [-0.1, -0.05) is 28.1 Å². The van der Waals surface area contributed by atoms with E-state index in [-0.39, 0.29) is 36.0 Å². The third-order valence-electron chi connectivity index (χ3n) is 4.02. The molecule has 2 aromatic carbocycles. The van der Waals surface area contributed by atoms with Crippen LogP contribution in [-0.4, -0.2) is 43.9 Å². The Bertz CT molecular complexity index is 944. The molecule has 0 radical (unpaired) electrons. The molecule has 0 bridgehead atoms. The van der Waals surface area contributed by atoms with Gasteiger partial charge < -0.3 is 9.47 Å². The molecule has 0 atom stereocenters. The van der Waals surface area contributed by atoms with Gasteiger partial charge in [0, 0.05) is 23.6 Å². The fourth-order valence-electron chi connectivity index (χ4n) is 2.65. The molecule has 0 spiro atoms. The molecule has 27 heavy (non-hydrogen) atoms. The minimum absolute atomic E-state index is 0.0147. The van der Waals surface area contributed by atoms with E-state index < -0.39 is 14.9 Å². The number of nitro benzene ring substituents is 1. The average molecular weight is 457 g/mol. The molecule has 1 heterocycles. The molecule has 0 amide bonds. The zero-order chi connectivity index (χ0) is 19.4. The molecular formula is C17H17BrN2O6S. The number of morpholine rings is 1. The summed E-state index contributed by atoms with van der Waals surface area (Å²) in [5.74, 6) is 0.0147. The molecule has 1 aliphatic heterocycles. The largest absolute Gasteiger partial charge is 0.482 e. The summed E-state index contributed by atoms with van der Waals surface area (Å²) in [4.78, 5) is 10.7. The lowest BCUT2D eigenvalue weighted by Gasteiger charge is -2.26. The first kappa shape index (κ1) is 19.7. The fourth-order valence-corrected chi connectivity index (χ4v) is 4.52. The van der Waals surface area contributed by atoms with Crippen LogP contribution in [0.3, 0.4) is 0 Å². The lowest BCUT2D eigenvalue weighted by molar-refractivity contribution is -0.386. The topological polar surface area (TPSA) is 99.0 Å². The van der Waals surface area contributed by atoms with Crippen molar-refractivity contribution in [2.45, 2.75) is 11.5 Å². The smallest absolute Gasteiger partial charge is 0.312 e. The van der Waals surface area contributed by atoms with Gasteiger partial charge in [-0.25, -0.2) is 8.42 Å². The third-order valence-corrected chi connectivity index (χ3v) is 6.41. The number of hydrogen-bond donors (Lipinski definition) is 0. The van der Waals surface area contributed by atoms with E-state index in [1.807, 2.05) is 24.3 Å². The Balaban J connectivity index is 1.85. The maximum absolute atomic E-state index is 12.7. The van der Waals surface area contributed by atoms with Gasteiger partial charge in [0.15, 0.2) is 5.75 Å². The van der Waals surface area contributed by atoms with Crippen LogP contribution >= 0.6 is 15.9 Å². The summed E-state index contributed by atoms with van der Waals surface area (Å²) >= 11 is 3.35. The van der Waals surface area contributed by atoms with E-state index in [4.69, 9.17) is 9.47 Å². The van der Waals surface area contributed by atoms with Gasteiger partial charge in [-0.15, -0.1) is 0 Å². The third kappa shape index (κ3) is 4.64. The monoisotopic (exact) mass is 456 g/mol. The quantitative estimate of drug-likeness (QED) is 0.489. The van der Waals surface area contributed by atoms with Gasteiger partial charge in [0.1, 0.15) is 6.61 Å². The fraction of sp³-hybridized carbons (Fsp3) is 0.294. The van der Waals surface area contributed by atoms with Crippen LogP contribution in [0.5, 0.6) is 5.75 Å². The lowest BCUT2D eigenvalue weighted by Crippen LogP contribution is -2.40. The van der Waals surface area contributed by atoms with Crippen molar-refractivity contribution in [2.24, 2.45) is 0 Å². The Hall–Kier alpha value is -2.01. The Morgan fingerprint density at radius 2 is 1.93 bits per heavy atom. The minimum Gasteiger partial charge on any atom is -0.482 e. The summed E-state index contributed by atoms with van der Waals surface area (Å²) in [5, 5.41) is 11.4. The van der Waals surface area contributed by atoms with Crippen molar-refractivity contribution in [3.05, 3.63) is 62.6 Å². The second-order valence-corrected chi connectivity index (χ2v) is 8.68. The summed E-state index contributed by atoms with van der Waals surface area (Å²) in [7, 11) is -3.82. The summed E-state index contributed by atoms with van der Waals surface area (Å²) in [6, 6.07) is 11.0. The van der Waals surface area contributed by atoms with Crippen molar-refractivity contribution in [2.75, 3.05) is 26.3 Å². The summed E-state index contributed by atoms with van der Waals surface area (Å²) in [6.45, 7) is 1.16.